The number of ether oxygens (including phenoxy) is 1. The minimum atomic E-state index is -0.218. The van der Waals surface area contributed by atoms with Crippen molar-refractivity contribution in [3.05, 3.63) is 65.2 Å². The van der Waals surface area contributed by atoms with Crippen molar-refractivity contribution in [2.45, 2.75) is 70.7 Å². The normalized spacial score (nSPS) is 15.8. The van der Waals surface area contributed by atoms with E-state index < -0.39 is 0 Å². The van der Waals surface area contributed by atoms with E-state index in [1.54, 1.807) is 0 Å². The Labute approximate surface area is 190 Å². The average molecular weight is 436 g/mol. The predicted octanol–water partition coefficient (Wildman–Crippen LogP) is 4.52. The van der Waals surface area contributed by atoms with Gasteiger partial charge in [-0.2, -0.15) is 0 Å². The first-order chi connectivity index (χ1) is 15.7. The van der Waals surface area contributed by atoms with E-state index in [4.69, 9.17) is 4.74 Å². The number of rotatable bonds is 8. The van der Waals surface area contributed by atoms with E-state index in [9.17, 15) is 9.59 Å². The quantitative estimate of drug-likeness (QED) is 0.599. The molecule has 1 aliphatic carbocycles. The number of fused-ring (bicyclic) bond motifs is 1. The number of nitrogens with zero attached hydrogens (tertiary/aromatic N) is 1. The van der Waals surface area contributed by atoms with Gasteiger partial charge < -0.3 is 20.3 Å². The fourth-order valence-corrected chi connectivity index (χ4v) is 4.46. The summed E-state index contributed by atoms with van der Waals surface area (Å²) in [5, 5.41) is 5.73. The number of urea groups is 1. The summed E-state index contributed by atoms with van der Waals surface area (Å²) < 4.78 is 6.10. The zero-order chi connectivity index (χ0) is 22.2. The van der Waals surface area contributed by atoms with Crippen molar-refractivity contribution in [1.29, 1.82) is 0 Å². The Morgan fingerprint density at radius 3 is 2.44 bits per heavy atom. The van der Waals surface area contributed by atoms with Gasteiger partial charge >= 0.3 is 6.03 Å². The molecule has 32 heavy (non-hydrogen) atoms. The lowest BCUT2D eigenvalue weighted by molar-refractivity contribution is -0.131. The molecule has 0 unspecified atom stereocenters. The molecule has 0 aromatic heterocycles. The predicted molar refractivity (Wildman–Crippen MR) is 124 cm³/mol. The van der Waals surface area contributed by atoms with Crippen LogP contribution in [0.3, 0.4) is 0 Å². The summed E-state index contributed by atoms with van der Waals surface area (Å²) in [6, 6.07) is 15.9. The van der Waals surface area contributed by atoms with Crippen LogP contribution in [0, 0.1) is 0 Å². The molecule has 6 heteroatoms. The zero-order valence-electron chi connectivity index (χ0n) is 18.6. The number of hydrogen-bond donors (Lipinski definition) is 2. The molecular formula is C26H33N3O3. The third kappa shape index (κ3) is 6.25. The Balaban J connectivity index is 1.12. The van der Waals surface area contributed by atoms with Gasteiger partial charge in [0, 0.05) is 32.6 Å². The van der Waals surface area contributed by atoms with E-state index in [1.165, 1.54) is 30.4 Å². The third-order valence-electron chi connectivity index (χ3n) is 6.25. The molecular weight excluding hydrogens is 402 g/mol. The van der Waals surface area contributed by atoms with Crippen molar-refractivity contribution >= 4 is 11.9 Å². The first-order valence-electron chi connectivity index (χ1n) is 11.8. The third-order valence-corrected chi connectivity index (χ3v) is 6.25. The van der Waals surface area contributed by atoms with Crippen molar-refractivity contribution in [2.75, 3.05) is 6.54 Å². The smallest absolute Gasteiger partial charge is 0.315 e. The number of carbonyl (C=O) groups is 2. The topological polar surface area (TPSA) is 70.7 Å². The molecule has 0 bridgehead atoms. The lowest BCUT2D eigenvalue weighted by Gasteiger charge is -2.23. The molecule has 4 rings (SSSR count). The Bertz CT molecular complexity index is 899. The minimum absolute atomic E-state index is 0.137. The number of amides is 3. The van der Waals surface area contributed by atoms with Crippen molar-refractivity contribution in [3.63, 3.8) is 0 Å². The van der Waals surface area contributed by atoms with Crippen molar-refractivity contribution in [3.8, 4) is 5.75 Å². The van der Waals surface area contributed by atoms with Crippen LogP contribution < -0.4 is 15.4 Å². The van der Waals surface area contributed by atoms with Gasteiger partial charge in [0.25, 0.3) is 0 Å². The Morgan fingerprint density at radius 1 is 0.938 bits per heavy atom. The Morgan fingerprint density at radius 2 is 1.69 bits per heavy atom. The molecule has 0 atom stereocenters. The number of nitrogens with one attached hydrogen (secondary N) is 2. The fraction of sp³-hybridized carbons (Fsp3) is 0.462. The highest BCUT2D eigenvalue weighted by atomic mass is 16.5. The molecule has 1 saturated carbocycles. The second-order valence-corrected chi connectivity index (χ2v) is 8.76. The number of hydrogen-bond acceptors (Lipinski definition) is 3. The molecule has 170 valence electrons. The van der Waals surface area contributed by atoms with Crippen LogP contribution >= 0.6 is 0 Å². The van der Waals surface area contributed by atoms with Crippen molar-refractivity contribution in [1.82, 2.24) is 15.5 Å². The van der Waals surface area contributed by atoms with E-state index in [-0.39, 0.29) is 11.9 Å². The summed E-state index contributed by atoms with van der Waals surface area (Å²) >= 11 is 0. The summed E-state index contributed by atoms with van der Waals surface area (Å²) in [5.41, 5.74) is 3.47. The van der Waals surface area contributed by atoms with Gasteiger partial charge in [-0.3, -0.25) is 4.79 Å². The molecule has 6 nitrogen and oxygen atoms in total. The molecule has 1 aliphatic heterocycles. The van der Waals surface area contributed by atoms with Crippen molar-refractivity contribution < 1.29 is 14.3 Å². The van der Waals surface area contributed by atoms with Crippen LogP contribution in [-0.2, 0) is 24.4 Å². The highest BCUT2D eigenvalue weighted by Gasteiger charge is 2.22. The first kappa shape index (κ1) is 22.2. The zero-order valence-corrected chi connectivity index (χ0v) is 18.6. The monoisotopic (exact) mass is 435 g/mol. The second kappa shape index (κ2) is 11.0. The van der Waals surface area contributed by atoms with Gasteiger partial charge in [0.1, 0.15) is 5.75 Å². The van der Waals surface area contributed by atoms with Gasteiger partial charge in [0.15, 0.2) is 0 Å². The highest BCUT2D eigenvalue weighted by molar-refractivity contribution is 5.77. The molecule has 2 N–H and O–H groups in total. The lowest BCUT2D eigenvalue weighted by Crippen LogP contribution is -2.36. The molecule has 0 saturated heterocycles. The van der Waals surface area contributed by atoms with Crippen LogP contribution in [0.25, 0.3) is 0 Å². The van der Waals surface area contributed by atoms with Gasteiger partial charge in [-0.15, -0.1) is 0 Å². The summed E-state index contributed by atoms with van der Waals surface area (Å²) in [4.78, 5) is 26.4. The molecule has 1 fully saturated rings. The summed E-state index contributed by atoms with van der Waals surface area (Å²) in [5.74, 6) is 1.01. The highest BCUT2D eigenvalue weighted by Crippen LogP contribution is 2.24. The average Bonchev–Trinajstić information content (AvgIpc) is 3.26. The van der Waals surface area contributed by atoms with Crippen LogP contribution in [0.15, 0.2) is 48.5 Å². The SMILES string of the molecule is O=C(NCCCC(=O)N1Cc2ccccc2C1)NCc1cccc(OC2CCCCC2)c1. The molecule has 1 heterocycles. The molecule has 0 radical (unpaired) electrons. The van der Waals surface area contributed by atoms with Gasteiger partial charge in [-0.1, -0.05) is 42.8 Å². The van der Waals surface area contributed by atoms with E-state index in [0.717, 1.165) is 24.2 Å². The Kier molecular flexibility index (Phi) is 7.64. The van der Waals surface area contributed by atoms with E-state index in [1.807, 2.05) is 41.3 Å². The van der Waals surface area contributed by atoms with Gasteiger partial charge in [-0.25, -0.2) is 4.79 Å². The van der Waals surface area contributed by atoms with E-state index in [2.05, 4.69) is 22.8 Å². The summed E-state index contributed by atoms with van der Waals surface area (Å²) in [6.45, 7) is 2.29. The fourth-order valence-electron chi connectivity index (χ4n) is 4.46. The maximum Gasteiger partial charge on any atom is 0.315 e. The van der Waals surface area contributed by atoms with E-state index >= 15 is 0 Å². The largest absolute Gasteiger partial charge is 0.490 e. The number of benzene rings is 2. The molecule has 2 aromatic rings. The second-order valence-electron chi connectivity index (χ2n) is 8.76. The maximum absolute atomic E-state index is 12.4. The maximum atomic E-state index is 12.4. The van der Waals surface area contributed by atoms with Crippen molar-refractivity contribution in [2.24, 2.45) is 0 Å². The van der Waals surface area contributed by atoms with Crippen LogP contribution in [0.1, 0.15) is 61.6 Å². The van der Waals surface area contributed by atoms with E-state index in [0.29, 0.717) is 45.1 Å². The van der Waals surface area contributed by atoms with Crippen LogP contribution in [0.4, 0.5) is 4.79 Å². The molecule has 2 aliphatic rings. The first-order valence-corrected chi connectivity index (χ1v) is 11.8. The van der Waals surface area contributed by atoms with Crippen LogP contribution in [0.5, 0.6) is 5.75 Å². The Hall–Kier alpha value is -3.02. The summed E-state index contributed by atoms with van der Waals surface area (Å²) in [7, 11) is 0. The lowest BCUT2D eigenvalue weighted by atomic mass is 9.98. The summed E-state index contributed by atoms with van der Waals surface area (Å²) in [6.07, 6.45) is 7.41. The standard InChI is InChI=1S/C26H33N3O3/c30-25(29-18-21-9-4-5-10-22(21)19-29)14-7-15-27-26(31)28-17-20-8-6-13-24(16-20)32-23-11-2-1-3-12-23/h4-6,8-10,13,16,23H,1-3,7,11-12,14-15,17-19H2,(H2,27,28,31). The molecule has 3 amide bonds. The van der Waals surface area contributed by atoms with Gasteiger partial charge in [-0.05, 0) is 60.9 Å². The molecule has 2 aromatic carbocycles. The van der Waals surface area contributed by atoms with Crippen LogP contribution in [-0.4, -0.2) is 29.5 Å². The number of carbonyl (C=O) groups excluding carboxylic acids is 2. The van der Waals surface area contributed by atoms with Gasteiger partial charge in [0.2, 0.25) is 5.91 Å². The van der Waals surface area contributed by atoms with Crippen LogP contribution in [0.2, 0.25) is 0 Å². The molecule has 0 spiro atoms. The van der Waals surface area contributed by atoms with Gasteiger partial charge in [0.05, 0.1) is 6.10 Å². The minimum Gasteiger partial charge on any atom is -0.490 e.